The lowest BCUT2D eigenvalue weighted by Crippen LogP contribution is -2.53. The van der Waals surface area contributed by atoms with Crippen molar-refractivity contribution < 1.29 is 65.3 Å². The third-order valence-corrected chi connectivity index (χ3v) is 21.3. The molecule has 7 aromatic rings. The number of hydrogen-bond donors (Lipinski definition) is 3. The molecule has 31 heteroatoms. The molecule has 102 heavy (non-hydrogen) atoms. The number of anilines is 2. The predicted octanol–water partition coefficient (Wildman–Crippen LogP) is 10.7. The molecule has 9 heterocycles. The van der Waals surface area contributed by atoms with E-state index in [2.05, 4.69) is 35.3 Å². The molecule has 3 N–H and O–H groups in total. The number of halogens is 7. The Morgan fingerprint density at radius 1 is 0.578 bits per heavy atom. The quantitative estimate of drug-likeness (QED) is 0.0567. The number of nitrogens with zero attached hydrogens (tertiary/aromatic N) is 11. The van der Waals surface area contributed by atoms with E-state index in [4.69, 9.17) is 47.8 Å². The summed E-state index contributed by atoms with van der Waals surface area (Å²) in [6.07, 6.45) is 4.91. The lowest BCUT2D eigenvalue weighted by atomic mass is 9.93. The van der Waals surface area contributed by atoms with Crippen molar-refractivity contribution in [3.63, 3.8) is 0 Å². The Morgan fingerprint density at radius 3 is 1.55 bits per heavy atom. The van der Waals surface area contributed by atoms with Crippen LogP contribution >= 0.6 is 45.9 Å². The van der Waals surface area contributed by atoms with E-state index in [9.17, 15) is 41.9 Å². The van der Waals surface area contributed by atoms with Crippen LogP contribution in [0.3, 0.4) is 0 Å². The molecule has 0 radical (unpaired) electrons. The molecule has 4 atom stereocenters. The van der Waals surface area contributed by atoms with Crippen molar-refractivity contribution in [2.24, 2.45) is 15.9 Å². The number of ether oxygens (including phenoxy) is 2. The van der Waals surface area contributed by atoms with Gasteiger partial charge in [0.05, 0.1) is 48.7 Å². The Balaban J connectivity index is 0.000000182. The molecule has 2 aromatic heterocycles. The molecule has 5 aromatic carbocycles. The third kappa shape index (κ3) is 14.8. The Morgan fingerprint density at radius 2 is 1.09 bits per heavy atom. The predicted molar refractivity (Wildman–Crippen MR) is 373 cm³/mol. The van der Waals surface area contributed by atoms with Gasteiger partial charge in [-0.25, -0.2) is 55.9 Å². The van der Waals surface area contributed by atoms with E-state index >= 15 is 8.78 Å². The van der Waals surface area contributed by atoms with E-state index in [-0.39, 0.29) is 105 Å². The van der Waals surface area contributed by atoms with Crippen LogP contribution in [-0.4, -0.2) is 192 Å². The summed E-state index contributed by atoms with van der Waals surface area (Å²) in [5.41, 5.74) is 3.24. The largest absolute Gasteiger partial charge is 0.478 e. The van der Waals surface area contributed by atoms with Crippen LogP contribution in [0.25, 0.3) is 11.1 Å². The van der Waals surface area contributed by atoms with Crippen LogP contribution in [0.1, 0.15) is 68.9 Å². The number of hydrogen-bond acceptors (Lipinski definition) is 19. The molecule has 7 aliphatic rings. The molecule has 5 saturated heterocycles. The van der Waals surface area contributed by atoms with Crippen molar-refractivity contribution in [1.82, 2.24) is 45.1 Å². The van der Waals surface area contributed by atoms with Crippen molar-refractivity contribution in [1.29, 1.82) is 0 Å². The number of likely N-dealkylation sites (tertiary alicyclic amines) is 1. The van der Waals surface area contributed by atoms with Crippen molar-refractivity contribution in [3.05, 3.63) is 208 Å². The first-order chi connectivity index (χ1) is 49.1. The summed E-state index contributed by atoms with van der Waals surface area (Å²) in [5, 5.41) is 20.7. The normalized spacial score (nSPS) is 20.5. The van der Waals surface area contributed by atoms with Gasteiger partial charge in [0.1, 0.15) is 47.0 Å². The zero-order valence-electron chi connectivity index (χ0n) is 55.1. The van der Waals surface area contributed by atoms with Crippen molar-refractivity contribution >= 4 is 105 Å². The average molecular weight is 1480 g/mol. The number of fused-ring (bicyclic) bond motifs is 2. The molecule has 0 saturated carbocycles. The maximum Gasteiger partial charge on any atom is 0.338 e. The fraction of sp³-hybridized carbons (Fsp3) is 0.324. The second-order valence-corrected chi connectivity index (χ2v) is 27.9. The SMILES string of the molecule is COC(=O)C1=C(CN2CCN3C(=O)N(c4ccc(-c5ccc(C(=O)O)cc5F)c(F)c4)C[C@@H]3C2)NC(c2nccs2)=N[C@H]1c1ccc(F)cc1Cl.COC(=O)C1=C(CN2CCN3C(=O)N(c4ccc(CN5CCC(C(C)=O)CC5)cc4F)C[C@@H]3C2)NC(c2nccs2)=N[C@H]1c1ccc(F)cc1Cl. The fourth-order valence-electron chi connectivity index (χ4n) is 14.0. The summed E-state index contributed by atoms with van der Waals surface area (Å²) in [6, 6.07) is 17.3. The Kier molecular flexibility index (Phi) is 21.0. The van der Waals surface area contributed by atoms with Gasteiger partial charge in [0.15, 0.2) is 21.7 Å². The molecule has 0 aliphatic carbocycles. The standard InChI is InChI=1S/C36H38ClF2N7O4S.C35H28ClF3N6O5S/c1-21(47)23-7-10-43(11-8-23)17-22-3-6-30(28(39)15-22)46-19-25-18-44(12-13-45(25)36(46)49)20-29-31(35(48)50-2)32(26-5-4-24(38)16-27(26)37)42-33(41-29)34-40-9-14-51-34;1-50-34(48)29-28(41-31(32-40-8-11-51-32)42-30(29)24-6-3-19(37)13-25(24)36)17-43-9-10-44-21(15-43)16-45(35(44)49)20-4-7-23(27(39)14-20)22-5-2-18(33(46)47)12-26(22)38/h3-6,9,14-16,23,25,32H,7-8,10-13,17-20H2,1-2H3,(H,41,42);2-8,11-14,21,30H,9-10,15-17H2,1H3,(H,41,42)(H,46,47)/t25-,32-;21-,30-/m00/s1. The molecule has 530 valence electrons. The zero-order valence-corrected chi connectivity index (χ0v) is 58.2. The number of piperidine rings is 1. The molecule has 22 nitrogen and oxygen atoms in total. The number of aromatic nitrogens is 2. The van der Waals surface area contributed by atoms with Gasteiger partial charge in [0, 0.05) is 150 Å². The molecular formula is C71H66Cl2F5N13O9S2. The highest BCUT2D eigenvalue weighted by atomic mass is 35.5. The van der Waals surface area contributed by atoms with Gasteiger partial charge in [-0.15, -0.1) is 22.7 Å². The number of rotatable bonds is 17. The number of ketones is 1. The van der Waals surface area contributed by atoms with Crippen LogP contribution in [-0.2, 0) is 30.4 Å². The number of carbonyl (C=O) groups is 6. The Hall–Kier alpha value is -9.49. The zero-order chi connectivity index (χ0) is 71.8. The summed E-state index contributed by atoms with van der Waals surface area (Å²) in [6.45, 7) is 7.47. The van der Waals surface area contributed by atoms with E-state index in [1.54, 1.807) is 40.6 Å². The highest BCUT2D eigenvalue weighted by Gasteiger charge is 2.45. The van der Waals surface area contributed by atoms with Crippen LogP contribution in [0.2, 0.25) is 10.0 Å². The Labute approximate surface area is 599 Å². The number of methoxy groups -OCH3 is 2. The lowest BCUT2D eigenvalue weighted by molar-refractivity contribution is -0.137. The van der Waals surface area contributed by atoms with Gasteiger partial charge in [0.2, 0.25) is 0 Å². The number of aromatic carboxylic acids is 1. The number of amidine groups is 2. The fourth-order valence-corrected chi connectivity index (χ4v) is 15.7. The molecule has 7 aliphatic heterocycles. The lowest BCUT2D eigenvalue weighted by Gasteiger charge is -2.38. The van der Waals surface area contributed by atoms with E-state index in [1.807, 2.05) is 11.4 Å². The number of piperazine rings is 2. The smallest absolute Gasteiger partial charge is 0.338 e. The maximum absolute atomic E-state index is 15.6. The number of carboxylic acids is 1. The first-order valence-corrected chi connectivity index (χ1v) is 35.1. The highest BCUT2D eigenvalue weighted by Crippen LogP contribution is 2.41. The second-order valence-electron chi connectivity index (χ2n) is 25.3. The van der Waals surface area contributed by atoms with E-state index in [0.717, 1.165) is 49.7 Å². The van der Waals surface area contributed by atoms with Crippen molar-refractivity contribution in [2.75, 3.05) is 103 Å². The van der Waals surface area contributed by atoms with Gasteiger partial charge in [-0.3, -0.25) is 39.3 Å². The molecule has 5 fully saturated rings. The third-order valence-electron chi connectivity index (χ3n) is 19.1. The summed E-state index contributed by atoms with van der Waals surface area (Å²) >= 11 is 15.7. The number of amides is 4. The number of carbonyl (C=O) groups excluding carboxylic acids is 5. The molecular weight excluding hydrogens is 1410 g/mol. The Bertz CT molecular complexity index is 4600. The monoisotopic (exact) mass is 1470 g/mol. The van der Waals surface area contributed by atoms with Gasteiger partial charge >= 0.3 is 30.0 Å². The summed E-state index contributed by atoms with van der Waals surface area (Å²) in [4.78, 5) is 108. The number of aliphatic imine (C=N–C) groups is 2. The van der Waals surface area contributed by atoms with Crippen LogP contribution in [0.15, 0.2) is 147 Å². The number of nitrogens with one attached hydrogen (secondary N) is 2. The molecule has 0 bridgehead atoms. The first-order valence-electron chi connectivity index (χ1n) is 32.6. The number of carboxylic acid groups (broad SMARTS) is 1. The van der Waals surface area contributed by atoms with Crippen molar-refractivity contribution in [2.45, 2.75) is 50.5 Å². The summed E-state index contributed by atoms with van der Waals surface area (Å²) in [5.74, 6) is -4.53. The average Bonchev–Trinajstić information content (AvgIpc) is 1.17. The minimum Gasteiger partial charge on any atom is -0.478 e. The topological polar surface area (TPSA) is 238 Å². The first kappa shape index (κ1) is 70.9. The van der Waals surface area contributed by atoms with Crippen LogP contribution in [0.5, 0.6) is 0 Å². The number of Topliss-reactive ketones (excluding diaryl/α,β-unsaturated/α-hetero) is 1. The summed E-state index contributed by atoms with van der Waals surface area (Å²) in [7, 11) is 2.55. The summed E-state index contributed by atoms with van der Waals surface area (Å²) < 4.78 is 84.1. The molecule has 14 rings (SSSR count). The van der Waals surface area contributed by atoms with Crippen LogP contribution in [0.4, 0.5) is 42.9 Å². The van der Waals surface area contributed by atoms with E-state index < -0.39 is 59.1 Å². The van der Waals surface area contributed by atoms with Crippen LogP contribution < -0.4 is 20.4 Å². The van der Waals surface area contributed by atoms with E-state index in [0.29, 0.717) is 96.6 Å². The number of esters is 2. The van der Waals surface area contributed by atoms with Gasteiger partial charge in [-0.1, -0.05) is 47.5 Å². The van der Waals surface area contributed by atoms with E-state index in [1.165, 1.54) is 107 Å². The highest BCUT2D eigenvalue weighted by molar-refractivity contribution is 7.12. The van der Waals surface area contributed by atoms with Gasteiger partial charge < -0.3 is 35.0 Å². The van der Waals surface area contributed by atoms with Crippen molar-refractivity contribution in [3.8, 4) is 11.1 Å². The molecule has 0 spiro atoms. The van der Waals surface area contributed by atoms with Crippen LogP contribution in [0, 0.1) is 35.0 Å². The number of benzene rings is 5. The van der Waals surface area contributed by atoms with Gasteiger partial charge in [-0.2, -0.15) is 0 Å². The number of urea groups is 2. The minimum atomic E-state index is -1.30. The molecule has 4 amide bonds. The van der Waals surface area contributed by atoms with Gasteiger partial charge in [0.25, 0.3) is 0 Å². The second kappa shape index (κ2) is 30.2. The maximum atomic E-state index is 15.6. The minimum absolute atomic E-state index is 0.0701. The molecule has 0 unspecified atom stereocenters. The number of thiazole rings is 2. The van der Waals surface area contributed by atoms with Gasteiger partial charge in [-0.05, 0) is 105 Å².